The molecular formula is C20H16N6O7. The van der Waals surface area contributed by atoms with Gasteiger partial charge < -0.3 is 19.9 Å². The molecule has 0 amide bonds. The van der Waals surface area contributed by atoms with Crippen LogP contribution in [0.5, 0.6) is 11.5 Å². The summed E-state index contributed by atoms with van der Waals surface area (Å²) in [4.78, 5) is 36.9. The fraction of sp³-hybridized carbons (Fsp3) is 0.150. The molecule has 0 saturated carbocycles. The van der Waals surface area contributed by atoms with Gasteiger partial charge in [0.15, 0.2) is 17.3 Å². The van der Waals surface area contributed by atoms with Gasteiger partial charge >= 0.3 is 5.97 Å². The van der Waals surface area contributed by atoms with Gasteiger partial charge in [0.2, 0.25) is 5.95 Å². The molecule has 1 atom stereocenters. The van der Waals surface area contributed by atoms with E-state index in [1.54, 1.807) is 0 Å². The highest BCUT2D eigenvalue weighted by Gasteiger charge is 2.39. The molecule has 0 radical (unpaired) electrons. The molecular weight excluding hydrogens is 436 g/mol. The lowest BCUT2D eigenvalue weighted by atomic mass is 9.89. The normalized spacial score (nSPS) is 14.8. The van der Waals surface area contributed by atoms with Gasteiger partial charge in [0.1, 0.15) is 11.7 Å². The monoisotopic (exact) mass is 452 g/mol. The molecule has 0 fully saturated rings. The maximum atomic E-state index is 13.7. The largest absolute Gasteiger partial charge is 0.504 e. The molecule has 3 aromatic rings. The predicted molar refractivity (Wildman–Crippen MR) is 111 cm³/mol. The maximum absolute atomic E-state index is 13.7. The number of nitrogens with zero attached hydrogens (tertiary/aromatic N) is 5. The Balaban J connectivity index is 1.96. The van der Waals surface area contributed by atoms with Crippen molar-refractivity contribution in [1.29, 1.82) is 0 Å². The van der Waals surface area contributed by atoms with Crippen LogP contribution in [0.25, 0.3) is 0 Å². The van der Waals surface area contributed by atoms with E-state index in [2.05, 4.69) is 20.8 Å². The van der Waals surface area contributed by atoms with Crippen molar-refractivity contribution in [2.24, 2.45) is 0 Å². The van der Waals surface area contributed by atoms with E-state index >= 15 is 0 Å². The lowest BCUT2D eigenvalue weighted by Crippen LogP contribution is -2.33. The van der Waals surface area contributed by atoms with Gasteiger partial charge in [-0.2, -0.15) is 4.68 Å². The van der Waals surface area contributed by atoms with Crippen molar-refractivity contribution in [2.75, 3.05) is 19.5 Å². The highest BCUT2D eigenvalue weighted by atomic mass is 16.6. The number of hydrogen-bond donors (Lipinski definition) is 2. The van der Waals surface area contributed by atoms with Gasteiger partial charge in [-0.1, -0.05) is 23.3 Å². The van der Waals surface area contributed by atoms with E-state index in [9.17, 15) is 24.8 Å². The minimum atomic E-state index is -1.05. The number of esters is 1. The summed E-state index contributed by atoms with van der Waals surface area (Å²) in [6.45, 7) is 0. The second-order valence-electron chi connectivity index (χ2n) is 6.82. The number of fused-ring (bicyclic) bond motifs is 1. The smallest absolute Gasteiger partial charge is 0.355 e. The number of carbonyl (C=O) groups is 2. The summed E-state index contributed by atoms with van der Waals surface area (Å²) in [5, 5.41) is 35.3. The zero-order chi connectivity index (χ0) is 23.7. The van der Waals surface area contributed by atoms with Crippen molar-refractivity contribution in [3.05, 3.63) is 75.0 Å². The zero-order valence-corrected chi connectivity index (χ0v) is 17.3. The zero-order valence-electron chi connectivity index (χ0n) is 17.3. The quantitative estimate of drug-likeness (QED) is 0.241. The molecule has 168 valence electrons. The number of anilines is 1. The predicted octanol–water partition coefficient (Wildman–Crippen LogP) is 1.62. The third-order valence-electron chi connectivity index (χ3n) is 4.99. The SMILES string of the molecule is COC(=O)C1=C(C(=O)c2cccc([N+](=O)[O-])c2)[C@H](c2ccc(O)c(OC)c2)n2nnnc2N1. The number of non-ortho nitro benzene ring substituents is 1. The molecule has 2 heterocycles. The number of nitrogens with one attached hydrogen (secondary N) is 1. The number of aromatic nitrogens is 4. The van der Waals surface area contributed by atoms with Gasteiger partial charge in [-0.25, -0.2) is 4.79 Å². The lowest BCUT2D eigenvalue weighted by Gasteiger charge is -2.28. The molecule has 1 aliphatic rings. The number of nitro benzene ring substituents is 1. The molecule has 0 unspecified atom stereocenters. The molecule has 1 aliphatic heterocycles. The Kier molecular flexibility index (Phi) is 5.44. The number of ether oxygens (including phenoxy) is 2. The Morgan fingerprint density at radius 2 is 2.00 bits per heavy atom. The molecule has 13 nitrogen and oxygen atoms in total. The average molecular weight is 452 g/mol. The second kappa shape index (κ2) is 8.37. The first-order valence-corrected chi connectivity index (χ1v) is 9.39. The molecule has 0 aliphatic carbocycles. The first-order chi connectivity index (χ1) is 15.8. The molecule has 13 heteroatoms. The van der Waals surface area contributed by atoms with Gasteiger partial charge in [-0.3, -0.25) is 14.9 Å². The minimum absolute atomic E-state index is 0.0327. The molecule has 33 heavy (non-hydrogen) atoms. The number of Topliss-reactive ketones (excluding diaryl/α,β-unsaturated/α-hetero) is 1. The summed E-state index contributed by atoms with van der Waals surface area (Å²) in [7, 11) is 2.50. The van der Waals surface area contributed by atoms with Gasteiger partial charge in [-0.15, -0.1) is 0 Å². The van der Waals surface area contributed by atoms with E-state index in [-0.39, 0.29) is 40.0 Å². The fourth-order valence-electron chi connectivity index (χ4n) is 3.48. The van der Waals surface area contributed by atoms with Crippen LogP contribution in [0, 0.1) is 10.1 Å². The van der Waals surface area contributed by atoms with Crippen LogP contribution >= 0.6 is 0 Å². The fourth-order valence-corrected chi connectivity index (χ4v) is 3.48. The van der Waals surface area contributed by atoms with Crippen molar-refractivity contribution in [1.82, 2.24) is 20.2 Å². The number of hydrogen-bond acceptors (Lipinski definition) is 11. The molecule has 0 saturated heterocycles. The number of aromatic hydroxyl groups is 1. The van der Waals surface area contributed by atoms with Crippen molar-refractivity contribution >= 4 is 23.4 Å². The molecule has 2 N–H and O–H groups in total. The number of benzene rings is 2. The van der Waals surface area contributed by atoms with Crippen molar-refractivity contribution < 1.29 is 29.1 Å². The Bertz CT molecular complexity index is 1320. The van der Waals surface area contributed by atoms with Crippen LogP contribution in [0.3, 0.4) is 0 Å². The summed E-state index contributed by atoms with van der Waals surface area (Å²) >= 11 is 0. The van der Waals surface area contributed by atoms with Gasteiger partial charge in [0.25, 0.3) is 5.69 Å². The third-order valence-corrected chi connectivity index (χ3v) is 4.99. The number of phenols is 1. The maximum Gasteiger partial charge on any atom is 0.355 e. The molecule has 0 bridgehead atoms. The van der Waals surface area contributed by atoms with E-state index in [0.717, 1.165) is 13.2 Å². The Hall–Kier alpha value is -4.81. The number of nitro groups is 1. The number of rotatable bonds is 6. The molecule has 1 aromatic heterocycles. The summed E-state index contributed by atoms with van der Waals surface area (Å²) in [6.07, 6.45) is 0. The van der Waals surface area contributed by atoms with E-state index in [0.29, 0.717) is 5.56 Å². The third kappa shape index (κ3) is 3.71. The van der Waals surface area contributed by atoms with Crippen molar-refractivity contribution in [3.63, 3.8) is 0 Å². The summed E-state index contributed by atoms with van der Waals surface area (Å²) in [6, 6.07) is 8.38. The van der Waals surface area contributed by atoms with Crippen LogP contribution < -0.4 is 10.1 Å². The minimum Gasteiger partial charge on any atom is -0.504 e. The summed E-state index contributed by atoms with van der Waals surface area (Å²) < 4.78 is 11.3. The summed E-state index contributed by atoms with van der Waals surface area (Å²) in [5.74, 6) is -1.53. The number of ketones is 1. The molecule has 4 rings (SSSR count). The van der Waals surface area contributed by atoms with Crippen LogP contribution in [0.2, 0.25) is 0 Å². The van der Waals surface area contributed by atoms with Crippen LogP contribution in [0.15, 0.2) is 53.7 Å². The van der Waals surface area contributed by atoms with Gasteiger partial charge in [-0.05, 0) is 28.1 Å². The topological polar surface area (TPSA) is 172 Å². The Morgan fingerprint density at radius 3 is 2.70 bits per heavy atom. The molecule has 2 aromatic carbocycles. The number of allylic oxidation sites excluding steroid dienone is 1. The van der Waals surface area contributed by atoms with E-state index in [1.165, 1.54) is 48.2 Å². The van der Waals surface area contributed by atoms with Crippen LogP contribution in [-0.4, -0.2) is 56.2 Å². The standard InChI is InChI=1S/C20H16N6O7/c1-32-14-9-10(6-7-13(14)27)17-15(18(28)11-4-3-5-12(8-11)26(30)31)16(19(29)33-2)21-20-22-23-24-25(17)20/h3-9,17,27H,1-2H3,(H,21,22,24)/t17-/m0/s1. The van der Waals surface area contributed by atoms with Crippen molar-refractivity contribution in [2.45, 2.75) is 6.04 Å². The number of methoxy groups -OCH3 is 2. The Labute approximate surface area is 185 Å². The highest BCUT2D eigenvalue weighted by Crippen LogP contribution is 2.39. The van der Waals surface area contributed by atoms with E-state index < -0.39 is 22.7 Å². The van der Waals surface area contributed by atoms with Crippen LogP contribution in [0.1, 0.15) is 22.0 Å². The first-order valence-electron chi connectivity index (χ1n) is 9.39. The van der Waals surface area contributed by atoms with E-state index in [4.69, 9.17) is 9.47 Å². The molecule has 0 spiro atoms. The first kappa shape index (κ1) is 21.4. The lowest BCUT2D eigenvalue weighted by molar-refractivity contribution is -0.384. The summed E-state index contributed by atoms with van der Waals surface area (Å²) in [5.41, 5.74) is -0.274. The van der Waals surface area contributed by atoms with Gasteiger partial charge in [0.05, 0.1) is 24.7 Å². The van der Waals surface area contributed by atoms with Crippen LogP contribution in [-0.2, 0) is 9.53 Å². The highest BCUT2D eigenvalue weighted by molar-refractivity contribution is 6.15. The van der Waals surface area contributed by atoms with Gasteiger partial charge in [0, 0.05) is 17.7 Å². The second-order valence-corrected chi connectivity index (χ2v) is 6.82. The number of tetrazole rings is 1. The number of phenolic OH excluding ortho intramolecular Hbond substituents is 1. The average Bonchev–Trinajstić information content (AvgIpc) is 3.30. The van der Waals surface area contributed by atoms with E-state index in [1.807, 2.05) is 0 Å². The van der Waals surface area contributed by atoms with Crippen LogP contribution in [0.4, 0.5) is 11.6 Å². The van der Waals surface area contributed by atoms with Crippen molar-refractivity contribution in [3.8, 4) is 11.5 Å². The number of carbonyl (C=O) groups excluding carboxylic acids is 2. The Morgan fingerprint density at radius 1 is 1.21 bits per heavy atom.